The molecule has 0 aliphatic carbocycles. The molecule has 0 bridgehead atoms. The molecule has 0 radical (unpaired) electrons. The summed E-state index contributed by atoms with van der Waals surface area (Å²) in [5, 5.41) is 16.9. The van der Waals surface area contributed by atoms with Gasteiger partial charge in [-0.2, -0.15) is 0 Å². The molecular formula is C4H9NaO3S2. The van der Waals surface area contributed by atoms with Crippen LogP contribution in [0.25, 0.3) is 0 Å². The fraction of sp³-hybridized carbons (Fsp3) is 0.750. The van der Waals surface area contributed by atoms with E-state index in [1.54, 1.807) is 0 Å². The van der Waals surface area contributed by atoms with E-state index in [2.05, 4.69) is 29.6 Å². The molecule has 0 aromatic heterocycles. The van der Waals surface area contributed by atoms with E-state index in [1.807, 2.05) is 0 Å². The predicted octanol–water partition coefficient (Wildman–Crippen LogP) is -1.08. The summed E-state index contributed by atoms with van der Waals surface area (Å²) in [6.07, 6.45) is -0.866. The van der Waals surface area contributed by atoms with Gasteiger partial charge in [0, 0.05) is 0 Å². The first kappa shape index (κ1) is 13.7. The molecule has 1 atom stereocenters. The molecule has 0 saturated carbocycles. The second kappa shape index (κ2) is 8.26. The first-order valence-corrected chi connectivity index (χ1v) is 3.17. The Kier molecular flexibility index (Phi) is 11.3. The molecule has 0 aromatic carbocycles. The van der Waals surface area contributed by atoms with Crippen molar-refractivity contribution in [3.63, 3.8) is 0 Å². The van der Waals surface area contributed by atoms with Gasteiger partial charge in [-0.05, 0) is 12.2 Å². The van der Waals surface area contributed by atoms with Crippen molar-refractivity contribution in [1.82, 2.24) is 0 Å². The van der Waals surface area contributed by atoms with Crippen LogP contribution in [0.3, 0.4) is 0 Å². The van der Waals surface area contributed by atoms with Crippen LogP contribution in [-0.4, -0.2) is 63.5 Å². The van der Waals surface area contributed by atoms with Crippen molar-refractivity contribution >= 4 is 58.8 Å². The van der Waals surface area contributed by atoms with Gasteiger partial charge >= 0.3 is 29.6 Å². The molecule has 0 rings (SSSR count). The second-order valence-corrected chi connectivity index (χ2v) is 2.49. The molecule has 0 saturated heterocycles. The summed E-state index contributed by atoms with van der Waals surface area (Å²) in [5.74, 6) is 0. The number of thiocarbonyl (C=S) groups is 1. The summed E-state index contributed by atoms with van der Waals surface area (Å²) in [6.45, 7) is -0.324. The molecular weight excluding hydrogens is 183 g/mol. The molecule has 0 amide bonds. The van der Waals surface area contributed by atoms with Crippen LogP contribution in [0.4, 0.5) is 0 Å². The van der Waals surface area contributed by atoms with E-state index >= 15 is 0 Å². The number of ether oxygens (including phenoxy) is 1. The SMILES string of the molecule is OCC(O)COC(=S)S.[NaH]. The Labute approximate surface area is 92.5 Å². The summed E-state index contributed by atoms with van der Waals surface area (Å²) < 4.78 is 4.65. The van der Waals surface area contributed by atoms with Crippen LogP contribution in [0.2, 0.25) is 0 Å². The van der Waals surface area contributed by atoms with E-state index in [9.17, 15) is 0 Å². The Balaban J connectivity index is 0. The molecule has 0 aromatic rings. The first-order chi connectivity index (χ1) is 4.16. The number of aliphatic hydroxyl groups is 2. The topological polar surface area (TPSA) is 49.7 Å². The number of thiol groups is 1. The third-order valence-electron chi connectivity index (χ3n) is 0.610. The normalized spacial score (nSPS) is 11.5. The average Bonchev–Trinajstić information content (AvgIpc) is 1.83. The zero-order valence-corrected chi connectivity index (χ0v) is 6.36. The fourth-order valence-corrected chi connectivity index (χ4v) is 0.363. The van der Waals surface area contributed by atoms with Gasteiger partial charge in [0.1, 0.15) is 12.7 Å². The van der Waals surface area contributed by atoms with Gasteiger partial charge in [-0.15, -0.1) is 0 Å². The Morgan fingerprint density at radius 1 is 1.70 bits per heavy atom. The van der Waals surface area contributed by atoms with Crippen LogP contribution >= 0.6 is 24.8 Å². The van der Waals surface area contributed by atoms with Crippen molar-refractivity contribution in [3.8, 4) is 0 Å². The Bertz CT molecular complexity index is 101. The minimum absolute atomic E-state index is 0. The van der Waals surface area contributed by atoms with Gasteiger partial charge in [0.2, 0.25) is 4.38 Å². The van der Waals surface area contributed by atoms with Gasteiger partial charge in [-0.3, -0.25) is 0 Å². The molecule has 2 N–H and O–H groups in total. The summed E-state index contributed by atoms with van der Waals surface area (Å²) in [4.78, 5) is 0. The van der Waals surface area contributed by atoms with E-state index in [0.29, 0.717) is 0 Å². The van der Waals surface area contributed by atoms with E-state index < -0.39 is 6.10 Å². The number of hydrogen-bond acceptors (Lipinski definition) is 4. The zero-order chi connectivity index (χ0) is 7.28. The predicted molar refractivity (Wildman–Crippen MR) is 47.8 cm³/mol. The Morgan fingerprint density at radius 2 is 2.20 bits per heavy atom. The Morgan fingerprint density at radius 3 is 2.50 bits per heavy atom. The molecule has 0 aliphatic heterocycles. The van der Waals surface area contributed by atoms with Crippen LogP contribution < -0.4 is 0 Å². The molecule has 0 heterocycles. The molecule has 1 unspecified atom stereocenters. The summed E-state index contributed by atoms with van der Waals surface area (Å²) in [6, 6.07) is 0. The van der Waals surface area contributed by atoms with Crippen molar-refractivity contribution in [2.24, 2.45) is 0 Å². The molecule has 10 heavy (non-hydrogen) atoms. The summed E-state index contributed by atoms with van der Waals surface area (Å²) >= 11 is 8.04. The second-order valence-electron chi connectivity index (χ2n) is 1.41. The van der Waals surface area contributed by atoms with Crippen LogP contribution in [0.15, 0.2) is 0 Å². The van der Waals surface area contributed by atoms with E-state index in [-0.39, 0.29) is 47.2 Å². The van der Waals surface area contributed by atoms with Gasteiger partial charge in [-0.1, -0.05) is 12.6 Å². The third kappa shape index (κ3) is 9.16. The van der Waals surface area contributed by atoms with E-state index in [1.165, 1.54) is 0 Å². The summed E-state index contributed by atoms with van der Waals surface area (Å²) in [5.41, 5.74) is 0. The maximum atomic E-state index is 8.64. The molecule has 3 nitrogen and oxygen atoms in total. The van der Waals surface area contributed by atoms with Crippen molar-refractivity contribution < 1.29 is 14.9 Å². The van der Waals surface area contributed by atoms with Gasteiger partial charge in [0.15, 0.2) is 0 Å². The molecule has 6 heteroatoms. The molecule has 0 fully saturated rings. The zero-order valence-electron chi connectivity index (χ0n) is 4.65. The molecule has 0 aliphatic rings. The van der Waals surface area contributed by atoms with Crippen molar-refractivity contribution in [2.45, 2.75) is 6.10 Å². The molecule has 0 spiro atoms. The van der Waals surface area contributed by atoms with E-state index in [0.717, 1.165) is 0 Å². The average molecular weight is 192 g/mol. The van der Waals surface area contributed by atoms with Gasteiger partial charge in [0.05, 0.1) is 6.61 Å². The number of rotatable bonds is 3. The van der Waals surface area contributed by atoms with Crippen LogP contribution in [-0.2, 0) is 4.74 Å². The maximum absolute atomic E-state index is 8.64. The minimum atomic E-state index is -0.866. The van der Waals surface area contributed by atoms with Gasteiger partial charge in [-0.25, -0.2) is 0 Å². The number of hydrogen-bond donors (Lipinski definition) is 3. The standard InChI is InChI=1S/C4H8O3S2.Na.H/c5-1-3(6)2-7-4(8)9;;/h3,5-6H,1-2H2,(H,8,9);;. The van der Waals surface area contributed by atoms with Crippen molar-refractivity contribution in [1.29, 1.82) is 0 Å². The first-order valence-electron chi connectivity index (χ1n) is 2.31. The molecule has 56 valence electrons. The number of aliphatic hydroxyl groups excluding tert-OH is 2. The van der Waals surface area contributed by atoms with E-state index in [4.69, 9.17) is 10.2 Å². The van der Waals surface area contributed by atoms with Crippen LogP contribution in [0.5, 0.6) is 0 Å². The van der Waals surface area contributed by atoms with Gasteiger partial charge in [0.25, 0.3) is 0 Å². The third-order valence-corrected chi connectivity index (χ3v) is 0.857. The van der Waals surface area contributed by atoms with Crippen LogP contribution in [0.1, 0.15) is 0 Å². The quantitative estimate of drug-likeness (QED) is 0.302. The van der Waals surface area contributed by atoms with Crippen molar-refractivity contribution in [2.75, 3.05) is 13.2 Å². The summed E-state index contributed by atoms with van der Waals surface area (Å²) in [7, 11) is 0. The fourth-order valence-electron chi connectivity index (χ4n) is 0.220. The van der Waals surface area contributed by atoms with Gasteiger partial charge < -0.3 is 14.9 Å². The Hall–Kier alpha value is 1.16. The van der Waals surface area contributed by atoms with Crippen molar-refractivity contribution in [3.05, 3.63) is 0 Å². The van der Waals surface area contributed by atoms with Crippen LogP contribution in [0, 0.1) is 0 Å². The monoisotopic (exact) mass is 192 g/mol.